The van der Waals surface area contributed by atoms with Gasteiger partial charge in [-0.05, 0) is 0 Å². The van der Waals surface area contributed by atoms with Gasteiger partial charge in [-0.25, -0.2) is 0 Å². The van der Waals surface area contributed by atoms with Gasteiger partial charge in [-0.1, -0.05) is 0 Å². The zero-order valence-corrected chi connectivity index (χ0v) is 3.99. The van der Waals surface area contributed by atoms with Gasteiger partial charge >= 0.3 is 18.9 Å². The van der Waals surface area contributed by atoms with Crippen LogP contribution in [0.15, 0.2) is 0 Å². The predicted molar refractivity (Wildman–Crippen MR) is 16.4 cm³/mol. The van der Waals surface area contributed by atoms with Crippen LogP contribution in [0.2, 0.25) is 0 Å². The van der Waals surface area contributed by atoms with E-state index in [0.717, 1.165) is 0 Å². The van der Waals surface area contributed by atoms with Gasteiger partial charge in [0.15, 0.2) is 0 Å². The van der Waals surface area contributed by atoms with Crippen LogP contribution in [-0.2, 0) is 21.5 Å². The first-order valence-electron chi connectivity index (χ1n) is 0.289. The van der Waals surface area contributed by atoms with E-state index in [2.05, 4.69) is 0 Å². The van der Waals surface area contributed by atoms with E-state index in [-0.39, 0.29) is 35.9 Å². The Morgan fingerprint density at radius 3 is 1.25 bits per heavy atom. The molecule has 1 nitrogen and oxygen atoms in total. The van der Waals surface area contributed by atoms with Crippen molar-refractivity contribution >= 4 is 29.0 Å². The molecule has 22 valence electrons. The van der Waals surface area contributed by atoms with Crippen LogP contribution in [0, 0.1) is 0 Å². The maximum absolute atomic E-state index is 8.28. The van der Waals surface area contributed by atoms with E-state index in [4.69, 9.17) is 4.46 Å². The molecule has 0 amide bonds. The van der Waals surface area contributed by atoms with Gasteiger partial charge in [-0.3, -0.25) is 0 Å². The Hall–Kier alpha value is 1.13. The summed E-state index contributed by atoms with van der Waals surface area (Å²) in [4.78, 5) is 0. The average Bonchev–Trinajstić information content (AvgIpc) is 1.00. The molecule has 0 aliphatic rings. The zero-order chi connectivity index (χ0) is 2.00. The number of hydrogen-bond acceptors (Lipinski definition) is 1. The molecule has 0 rings (SSSR count). The van der Waals surface area contributed by atoms with Crippen molar-refractivity contribution in [2.75, 3.05) is 0 Å². The molecule has 0 heterocycles. The topological polar surface area (TPSA) is 17.1 Å². The van der Waals surface area contributed by atoms with E-state index in [9.17, 15) is 0 Å². The quantitative estimate of drug-likeness (QED) is 0.340. The first kappa shape index (κ1) is 19.3. The molecule has 0 saturated heterocycles. The molecule has 0 atom stereocenters. The first-order chi connectivity index (χ1) is 1.00. The Labute approximate surface area is 50.7 Å². The summed E-state index contributed by atoms with van der Waals surface area (Å²) >= 11 is 0. The average molecular weight is 110 g/mol. The molecule has 0 aliphatic heterocycles. The molecule has 0 saturated carbocycles. The van der Waals surface area contributed by atoms with E-state index in [0.29, 0.717) is 10.1 Å². The zero-order valence-electron chi connectivity index (χ0n) is 1.47. The van der Waals surface area contributed by atoms with E-state index in [1.54, 1.807) is 0 Å². The second-order valence-corrected chi connectivity index (χ2v) is 0. The number of hydrogen-bond donors (Lipinski definition) is 0. The molecule has 4 heteroatoms. The third-order valence-corrected chi connectivity index (χ3v) is 0. The fourth-order valence-electron chi connectivity index (χ4n) is 0. The molecule has 0 aromatic heterocycles. The van der Waals surface area contributed by atoms with Crippen molar-refractivity contribution < 1.29 is 21.5 Å². The second-order valence-electron chi connectivity index (χ2n) is 0. The maximum atomic E-state index is 8.28. The van der Waals surface area contributed by atoms with Crippen molar-refractivity contribution in [3.05, 3.63) is 0 Å². The Morgan fingerprint density at radius 2 is 1.25 bits per heavy atom. The Bertz CT molecular complexity index is 8.00. The summed E-state index contributed by atoms with van der Waals surface area (Å²) in [6.45, 7) is 0. The molecule has 0 aromatic rings. The van der Waals surface area contributed by atoms with E-state index < -0.39 is 0 Å². The molecule has 0 unspecified atom stereocenters. The molecule has 0 radical (unpaired) electrons. The van der Waals surface area contributed by atoms with Gasteiger partial charge in [0.2, 0.25) is 10.1 Å². The normalized spacial score (nSPS) is 1.00. The Morgan fingerprint density at radius 1 is 1.25 bits per heavy atom. The summed E-state index contributed by atoms with van der Waals surface area (Å²) in [5, 5.41) is 0. The van der Waals surface area contributed by atoms with Gasteiger partial charge in [0, 0.05) is 17.1 Å². The van der Waals surface area contributed by atoms with Gasteiger partial charge in [-0.15, -0.1) is 0 Å². The monoisotopic (exact) mass is 110 g/mol. The molecule has 0 fully saturated rings. The molecule has 0 aliphatic carbocycles. The fourth-order valence-corrected chi connectivity index (χ4v) is 0. The van der Waals surface area contributed by atoms with Crippen LogP contribution in [0.25, 0.3) is 0 Å². The van der Waals surface area contributed by atoms with Gasteiger partial charge in [0.05, 0.1) is 0 Å². The van der Waals surface area contributed by atoms with Crippen LogP contribution in [0.5, 0.6) is 0 Å². The predicted octanol–water partition coefficient (Wildman–Crippen LogP) is -1.69. The molecule has 0 aromatic carbocycles. The summed E-state index contributed by atoms with van der Waals surface area (Å²) in [5.41, 5.74) is 0. The van der Waals surface area contributed by atoms with Gasteiger partial charge < -0.3 is 4.46 Å². The summed E-state index contributed by atoms with van der Waals surface area (Å²) in [7, 11) is 0.611. The summed E-state index contributed by atoms with van der Waals surface area (Å²) in [5.74, 6) is 0. The molecule has 0 bridgehead atoms. The van der Waals surface area contributed by atoms with Crippen LogP contribution >= 0.6 is 0 Å². The van der Waals surface area contributed by atoms with Gasteiger partial charge in [0.1, 0.15) is 0 Å². The van der Waals surface area contributed by atoms with Crippen LogP contribution in [0.3, 0.4) is 0 Å². The van der Waals surface area contributed by atoms with Crippen LogP contribution in [0.1, 0.15) is 0 Å². The molecular formula is H3FeLiOSi. The van der Waals surface area contributed by atoms with E-state index >= 15 is 0 Å². The van der Waals surface area contributed by atoms with Crippen molar-refractivity contribution in [1.29, 1.82) is 0 Å². The van der Waals surface area contributed by atoms with Crippen molar-refractivity contribution in [3.8, 4) is 0 Å². The first-order valence-corrected chi connectivity index (χ1v) is 0.866. The van der Waals surface area contributed by atoms with Crippen LogP contribution in [-0.4, -0.2) is 29.0 Å². The molecule has 4 heavy (non-hydrogen) atoms. The van der Waals surface area contributed by atoms with Crippen molar-refractivity contribution in [3.63, 3.8) is 0 Å². The van der Waals surface area contributed by atoms with Crippen molar-refractivity contribution in [2.45, 2.75) is 0 Å². The molecule has 0 spiro atoms. The third-order valence-electron chi connectivity index (χ3n) is 0. The molecule has 0 N–H and O–H groups in total. The summed E-state index contributed by atoms with van der Waals surface area (Å²) < 4.78 is 8.28. The SMILES string of the molecule is O=[SiH2].[Fe].[LiH]. The van der Waals surface area contributed by atoms with Gasteiger partial charge in [-0.2, -0.15) is 0 Å². The van der Waals surface area contributed by atoms with Crippen LogP contribution in [0.4, 0.5) is 0 Å². The minimum atomic E-state index is 0. The van der Waals surface area contributed by atoms with Crippen molar-refractivity contribution in [2.24, 2.45) is 0 Å². The summed E-state index contributed by atoms with van der Waals surface area (Å²) in [6.07, 6.45) is 0. The summed E-state index contributed by atoms with van der Waals surface area (Å²) in [6, 6.07) is 0. The second kappa shape index (κ2) is 31.6. The van der Waals surface area contributed by atoms with E-state index in [1.165, 1.54) is 0 Å². The fraction of sp³-hybridized carbons (Fsp3) is 0. The standard InChI is InChI=1S/Fe.Li.H2OSi.H/c;;1-2;/h;;2H2;. The van der Waals surface area contributed by atoms with E-state index in [1.807, 2.05) is 0 Å². The third kappa shape index (κ3) is 11.1. The minimum absolute atomic E-state index is 0. The van der Waals surface area contributed by atoms with Gasteiger partial charge in [0.25, 0.3) is 0 Å². The number of rotatable bonds is 0. The van der Waals surface area contributed by atoms with Crippen LogP contribution < -0.4 is 0 Å². The molecular weight excluding hydrogens is 107 g/mol. The Balaban J connectivity index is -0.00000000500. The Kier molecular flexibility index (Phi) is 152. The van der Waals surface area contributed by atoms with Crippen molar-refractivity contribution in [1.82, 2.24) is 0 Å².